The zero-order valence-electron chi connectivity index (χ0n) is 6.34. The molecule has 0 saturated carbocycles. The van der Waals surface area contributed by atoms with Gasteiger partial charge in [0.2, 0.25) is 5.91 Å². The van der Waals surface area contributed by atoms with Gasteiger partial charge < -0.3 is 11.1 Å². The molecule has 0 bridgehead atoms. The minimum absolute atomic E-state index is 0.0993. The lowest BCUT2D eigenvalue weighted by Crippen LogP contribution is -2.15. The maximum absolute atomic E-state index is 11.0. The van der Waals surface area contributed by atoms with Crippen LogP contribution in [-0.4, -0.2) is 12.5 Å². The maximum Gasteiger partial charge on any atom is 0.225 e. The largest absolute Gasteiger partial charge is 0.330 e. The lowest BCUT2D eigenvalue weighted by Gasteiger charge is -2.00. The van der Waals surface area contributed by atoms with Crippen molar-refractivity contribution in [2.45, 2.75) is 6.42 Å². The number of halogens is 1. The predicted molar refractivity (Wildman–Crippen MR) is 51.6 cm³/mol. The molecule has 0 aromatic carbocycles. The Labute approximate surface area is 79.5 Å². The molecule has 0 aliphatic carbocycles. The molecule has 0 aliphatic heterocycles. The quantitative estimate of drug-likeness (QED) is 0.788. The number of carbonyl (C=O) groups is 1. The van der Waals surface area contributed by atoms with Crippen molar-refractivity contribution in [3.63, 3.8) is 0 Å². The van der Waals surface area contributed by atoms with Crippen molar-refractivity contribution in [3.05, 3.63) is 15.8 Å². The van der Waals surface area contributed by atoms with E-state index >= 15 is 0 Å². The number of thiophene rings is 1. The van der Waals surface area contributed by atoms with Gasteiger partial charge in [0.05, 0.1) is 5.69 Å². The summed E-state index contributed by atoms with van der Waals surface area (Å²) in [6.45, 7) is 0.355. The van der Waals surface area contributed by atoms with E-state index in [2.05, 4.69) is 5.32 Å². The standard InChI is InChI=1S/C7H9ClN2OS/c8-7-5(2-4-12-7)10-6(11)1-3-9/h2,4H,1,3,9H2,(H,10,11). The fourth-order valence-electron chi connectivity index (χ4n) is 0.725. The summed E-state index contributed by atoms with van der Waals surface area (Å²) in [5, 5.41) is 4.47. The van der Waals surface area contributed by atoms with Gasteiger partial charge in [0.25, 0.3) is 0 Å². The Morgan fingerprint density at radius 3 is 3.00 bits per heavy atom. The summed E-state index contributed by atoms with van der Waals surface area (Å²) in [6.07, 6.45) is 0.326. The van der Waals surface area contributed by atoms with Gasteiger partial charge in [-0.25, -0.2) is 0 Å². The third-order valence-electron chi connectivity index (χ3n) is 1.26. The highest BCUT2D eigenvalue weighted by molar-refractivity contribution is 7.15. The van der Waals surface area contributed by atoms with Gasteiger partial charge in [0, 0.05) is 13.0 Å². The molecular weight excluding hydrogens is 196 g/mol. The van der Waals surface area contributed by atoms with Gasteiger partial charge in [-0.15, -0.1) is 11.3 Å². The van der Waals surface area contributed by atoms with E-state index < -0.39 is 0 Å². The summed E-state index contributed by atoms with van der Waals surface area (Å²) in [6, 6.07) is 1.77. The van der Waals surface area contributed by atoms with Crippen molar-refractivity contribution >= 4 is 34.5 Å². The average Bonchev–Trinajstić information content (AvgIpc) is 2.37. The number of nitrogens with one attached hydrogen (secondary N) is 1. The summed E-state index contributed by atoms with van der Waals surface area (Å²) in [7, 11) is 0. The van der Waals surface area contributed by atoms with Crippen LogP contribution in [-0.2, 0) is 4.79 Å². The fourth-order valence-corrected chi connectivity index (χ4v) is 1.56. The topological polar surface area (TPSA) is 55.1 Å². The van der Waals surface area contributed by atoms with Crippen LogP contribution < -0.4 is 11.1 Å². The van der Waals surface area contributed by atoms with Gasteiger partial charge in [0.1, 0.15) is 4.34 Å². The maximum atomic E-state index is 11.0. The Bertz CT molecular complexity index is 274. The van der Waals surface area contributed by atoms with Crippen molar-refractivity contribution in [3.8, 4) is 0 Å². The van der Waals surface area contributed by atoms with Crippen molar-refractivity contribution in [2.75, 3.05) is 11.9 Å². The Hall–Kier alpha value is -0.580. The Kier molecular flexibility index (Phi) is 3.52. The molecule has 66 valence electrons. The number of hydrogen-bond acceptors (Lipinski definition) is 3. The molecule has 12 heavy (non-hydrogen) atoms. The molecule has 3 nitrogen and oxygen atoms in total. The third-order valence-corrected chi connectivity index (χ3v) is 2.43. The normalized spacial score (nSPS) is 9.83. The van der Waals surface area contributed by atoms with Gasteiger partial charge in [-0.1, -0.05) is 11.6 Å². The van der Waals surface area contributed by atoms with Gasteiger partial charge in [-0.05, 0) is 11.4 Å². The summed E-state index contributed by atoms with van der Waals surface area (Å²) in [4.78, 5) is 11.0. The molecule has 0 aliphatic rings. The van der Waals surface area contributed by atoms with Crippen LogP contribution in [0.1, 0.15) is 6.42 Å². The van der Waals surface area contributed by atoms with Gasteiger partial charge in [0.15, 0.2) is 0 Å². The SMILES string of the molecule is NCCC(=O)Nc1ccsc1Cl. The highest BCUT2D eigenvalue weighted by Crippen LogP contribution is 2.27. The second kappa shape index (κ2) is 4.45. The molecule has 1 amide bonds. The number of rotatable bonds is 3. The molecule has 5 heteroatoms. The third kappa shape index (κ3) is 2.48. The van der Waals surface area contributed by atoms with Crippen LogP contribution in [0.15, 0.2) is 11.4 Å². The summed E-state index contributed by atoms with van der Waals surface area (Å²) >= 11 is 7.14. The van der Waals surface area contributed by atoms with Gasteiger partial charge >= 0.3 is 0 Å². The van der Waals surface area contributed by atoms with Crippen LogP contribution >= 0.6 is 22.9 Å². The number of anilines is 1. The molecule has 0 unspecified atom stereocenters. The number of amides is 1. The van der Waals surface area contributed by atoms with E-state index in [-0.39, 0.29) is 5.91 Å². The van der Waals surface area contributed by atoms with E-state index in [0.29, 0.717) is 23.0 Å². The number of carbonyl (C=O) groups excluding carboxylic acids is 1. The second-order valence-electron chi connectivity index (χ2n) is 2.19. The lowest BCUT2D eigenvalue weighted by atomic mass is 10.4. The van der Waals surface area contributed by atoms with Crippen LogP contribution in [0.3, 0.4) is 0 Å². The molecule has 3 N–H and O–H groups in total. The van der Waals surface area contributed by atoms with E-state index in [9.17, 15) is 4.79 Å². The summed E-state index contributed by atoms with van der Waals surface area (Å²) < 4.78 is 0.598. The first-order valence-electron chi connectivity index (χ1n) is 3.47. The zero-order chi connectivity index (χ0) is 8.97. The average molecular weight is 205 g/mol. The summed E-state index contributed by atoms with van der Waals surface area (Å²) in [5.41, 5.74) is 5.87. The number of nitrogens with two attached hydrogens (primary N) is 1. The Morgan fingerprint density at radius 1 is 1.75 bits per heavy atom. The molecule has 1 aromatic heterocycles. The van der Waals surface area contributed by atoms with E-state index in [1.165, 1.54) is 11.3 Å². The molecule has 1 rings (SSSR count). The van der Waals surface area contributed by atoms with Crippen molar-refractivity contribution in [1.29, 1.82) is 0 Å². The predicted octanol–water partition coefficient (Wildman–Crippen LogP) is 1.69. The lowest BCUT2D eigenvalue weighted by molar-refractivity contribution is -0.116. The number of hydrogen-bond donors (Lipinski definition) is 2. The van der Waals surface area contributed by atoms with Crippen molar-refractivity contribution < 1.29 is 4.79 Å². The highest BCUT2D eigenvalue weighted by atomic mass is 35.5. The first kappa shape index (κ1) is 9.51. The van der Waals surface area contributed by atoms with Crippen molar-refractivity contribution in [1.82, 2.24) is 0 Å². The first-order chi connectivity index (χ1) is 5.74. The molecule has 0 atom stereocenters. The zero-order valence-corrected chi connectivity index (χ0v) is 7.91. The molecule has 0 fully saturated rings. The van der Waals surface area contributed by atoms with E-state index in [4.69, 9.17) is 17.3 Å². The van der Waals surface area contributed by atoms with Crippen LogP contribution in [0.25, 0.3) is 0 Å². The van der Waals surface area contributed by atoms with Crippen LogP contribution in [0.4, 0.5) is 5.69 Å². The molecule has 0 radical (unpaired) electrons. The first-order valence-corrected chi connectivity index (χ1v) is 4.72. The van der Waals surface area contributed by atoms with Gasteiger partial charge in [-0.3, -0.25) is 4.79 Å². The second-order valence-corrected chi connectivity index (χ2v) is 3.71. The van der Waals surface area contributed by atoms with Gasteiger partial charge in [-0.2, -0.15) is 0 Å². The van der Waals surface area contributed by atoms with Crippen molar-refractivity contribution in [2.24, 2.45) is 5.73 Å². The van der Waals surface area contributed by atoms with E-state index in [1.54, 1.807) is 6.07 Å². The monoisotopic (exact) mass is 204 g/mol. The minimum atomic E-state index is -0.0993. The Balaban J connectivity index is 2.52. The smallest absolute Gasteiger partial charge is 0.225 e. The Morgan fingerprint density at radius 2 is 2.50 bits per heavy atom. The van der Waals surface area contributed by atoms with E-state index in [0.717, 1.165) is 0 Å². The van der Waals surface area contributed by atoms with Crippen LogP contribution in [0.2, 0.25) is 4.34 Å². The van der Waals surface area contributed by atoms with Crippen LogP contribution in [0, 0.1) is 0 Å². The highest BCUT2D eigenvalue weighted by Gasteiger charge is 2.04. The summed E-state index contributed by atoms with van der Waals surface area (Å²) in [5.74, 6) is -0.0993. The molecular formula is C7H9ClN2OS. The van der Waals surface area contributed by atoms with Crippen LogP contribution in [0.5, 0.6) is 0 Å². The fraction of sp³-hybridized carbons (Fsp3) is 0.286. The molecule has 1 heterocycles. The molecule has 0 saturated heterocycles. The molecule has 0 spiro atoms. The minimum Gasteiger partial charge on any atom is -0.330 e. The van der Waals surface area contributed by atoms with E-state index in [1.807, 2.05) is 5.38 Å². The molecule has 1 aromatic rings.